The van der Waals surface area contributed by atoms with E-state index in [1.807, 2.05) is 24.3 Å². The van der Waals surface area contributed by atoms with Gasteiger partial charge in [0, 0.05) is 32.8 Å². The van der Waals surface area contributed by atoms with Crippen LogP contribution in [0.25, 0.3) is 0 Å². The van der Waals surface area contributed by atoms with E-state index in [0.29, 0.717) is 0 Å². The summed E-state index contributed by atoms with van der Waals surface area (Å²) in [5, 5.41) is 4.17. The van der Waals surface area contributed by atoms with Gasteiger partial charge < -0.3 is 10.1 Å². The topological polar surface area (TPSA) is 24.5 Å². The highest BCUT2D eigenvalue weighted by molar-refractivity contribution is 6.33. The van der Waals surface area contributed by atoms with Gasteiger partial charge in [0.15, 0.2) is 0 Å². The number of methoxy groups -OCH3 is 1. The Bertz CT molecular complexity index is 369. The van der Waals surface area contributed by atoms with E-state index >= 15 is 0 Å². The van der Waals surface area contributed by atoms with Crippen LogP contribution in [-0.4, -0.2) is 44.3 Å². The molecule has 1 fully saturated rings. The summed E-state index contributed by atoms with van der Waals surface area (Å²) in [6, 6.07) is 8.64. The van der Waals surface area contributed by atoms with E-state index in [1.54, 1.807) is 7.11 Å². The second kappa shape index (κ2) is 6.98. The van der Waals surface area contributed by atoms with Crippen molar-refractivity contribution in [2.45, 2.75) is 18.9 Å². The number of para-hydroxylation sites is 1. The van der Waals surface area contributed by atoms with E-state index in [4.69, 9.17) is 16.3 Å². The van der Waals surface area contributed by atoms with Crippen LogP contribution in [0.15, 0.2) is 24.3 Å². The molecular weight excluding hydrogens is 248 g/mol. The average Bonchev–Trinajstić information content (AvgIpc) is 3.20. The SMILES string of the molecule is COCCN(CCNc1ccccc1Cl)C1CC1. The molecule has 1 saturated carbocycles. The van der Waals surface area contributed by atoms with Crippen LogP contribution in [0.1, 0.15) is 12.8 Å². The number of ether oxygens (including phenoxy) is 1. The summed E-state index contributed by atoms with van der Waals surface area (Å²) < 4.78 is 5.15. The zero-order valence-electron chi connectivity index (χ0n) is 10.9. The molecule has 1 N–H and O–H groups in total. The van der Waals surface area contributed by atoms with Crippen molar-refractivity contribution in [1.29, 1.82) is 0 Å². The van der Waals surface area contributed by atoms with Gasteiger partial charge in [-0.25, -0.2) is 0 Å². The third-order valence-corrected chi connectivity index (χ3v) is 3.56. The quantitative estimate of drug-likeness (QED) is 0.785. The first kappa shape index (κ1) is 13.7. The Balaban J connectivity index is 1.74. The van der Waals surface area contributed by atoms with Crippen LogP contribution >= 0.6 is 11.6 Å². The van der Waals surface area contributed by atoms with Gasteiger partial charge >= 0.3 is 0 Å². The van der Waals surface area contributed by atoms with E-state index in [0.717, 1.165) is 43.0 Å². The minimum Gasteiger partial charge on any atom is -0.383 e. The Morgan fingerprint density at radius 3 is 2.78 bits per heavy atom. The Morgan fingerprint density at radius 1 is 1.33 bits per heavy atom. The van der Waals surface area contributed by atoms with Crippen molar-refractivity contribution < 1.29 is 4.74 Å². The molecule has 1 aliphatic carbocycles. The maximum Gasteiger partial charge on any atom is 0.0637 e. The fourth-order valence-corrected chi connectivity index (χ4v) is 2.27. The van der Waals surface area contributed by atoms with Gasteiger partial charge in [-0.2, -0.15) is 0 Å². The Kier molecular flexibility index (Phi) is 5.29. The lowest BCUT2D eigenvalue weighted by atomic mass is 10.3. The van der Waals surface area contributed by atoms with Crippen LogP contribution in [0.3, 0.4) is 0 Å². The highest BCUT2D eigenvalue weighted by Crippen LogP contribution is 2.26. The minimum absolute atomic E-state index is 0.771. The first-order valence-corrected chi connectivity index (χ1v) is 6.90. The van der Waals surface area contributed by atoms with Crippen LogP contribution < -0.4 is 5.32 Å². The van der Waals surface area contributed by atoms with Crippen molar-refractivity contribution in [3.63, 3.8) is 0 Å². The number of hydrogen-bond acceptors (Lipinski definition) is 3. The van der Waals surface area contributed by atoms with Crippen molar-refractivity contribution >= 4 is 17.3 Å². The highest BCUT2D eigenvalue weighted by Gasteiger charge is 2.27. The van der Waals surface area contributed by atoms with Gasteiger partial charge in [0.25, 0.3) is 0 Å². The monoisotopic (exact) mass is 268 g/mol. The van der Waals surface area contributed by atoms with Gasteiger partial charge in [-0.15, -0.1) is 0 Å². The predicted octanol–water partition coefficient (Wildman–Crippen LogP) is 2.86. The molecule has 100 valence electrons. The summed E-state index contributed by atoms with van der Waals surface area (Å²) in [5.74, 6) is 0. The maximum atomic E-state index is 6.10. The molecule has 1 aliphatic rings. The van der Waals surface area contributed by atoms with Gasteiger partial charge in [-0.1, -0.05) is 23.7 Å². The molecule has 1 aromatic carbocycles. The van der Waals surface area contributed by atoms with Crippen LogP contribution in [0.5, 0.6) is 0 Å². The molecular formula is C14H21ClN2O. The normalized spacial score (nSPS) is 15.1. The number of nitrogens with zero attached hydrogens (tertiary/aromatic N) is 1. The highest BCUT2D eigenvalue weighted by atomic mass is 35.5. The lowest BCUT2D eigenvalue weighted by molar-refractivity contribution is 0.146. The number of benzene rings is 1. The van der Waals surface area contributed by atoms with E-state index in [9.17, 15) is 0 Å². The van der Waals surface area contributed by atoms with Crippen molar-refractivity contribution in [1.82, 2.24) is 4.90 Å². The number of nitrogens with one attached hydrogen (secondary N) is 1. The van der Waals surface area contributed by atoms with E-state index < -0.39 is 0 Å². The number of halogens is 1. The molecule has 0 aliphatic heterocycles. The molecule has 0 saturated heterocycles. The molecule has 2 rings (SSSR count). The van der Waals surface area contributed by atoms with Crippen LogP contribution in [0, 0.1) is 0 Å². The maximum absolute atomic E-state index is 6.10. The second-order valence-electron chi connectivity index (χ2n) is 4.67. The van der Waals surface area contributed by atoms with Gasteiger partial charge in [0.05, 0.1) is 17.3 Å². The Hall–Kier alpha value is -0.770. The largest absolute Gasteiger partial charge is 0.383 e. The molecule has 0 heterocycles. The Labute approximate surface area is 114 Å². The standard InChI is InChI=1S/C14H21ClN2O/c1-18-11-10-17(12-6-7-12)9-8-16-14-5-3-2-4-13(14)15/h2-5,12,16H,6-11H2,1H3. The Morgan fingerprint density at radius 2 is 2.11 bits per heavy atom. The van der Waals surface area contributed by atoms with Gasteiger partial charge in [0.2, 0.25) is 0 Å². The third kappa shape index (κ3) is 4.16. The molecule has 0 bridgehead atoms. The summed E-state index contributed by atoms with van der Waals surface area (Å²) in [6.45, 7) is 3.79. The van der Waals surface area contributed by atoms with Gasteiger partial charge in [-0.05, 0) is 25.0 Å². The summed E-state index contributed by atoms with van der Waals surface area (Å²) in [7, 11) is 1.76. The summed E-state index contributed by atoms with van der Waals surface area (Å²) in [5.41, 5.74) is 1.02. The molecule has 0 unspecified atom stereocenters. The van der Waals surface area contributed by atoms with Gasteiger partial charge in [-0.3, -0.25) is 4.90 Å². The van der Waals surface area contributed by atoms with Crippen molar-refractivity contribution in [3.8, 4) is 0 Å². The molecule has 0 atom stereocenters. The average molecular weight is 269 g/mol. The zero-order valence-corrected chi connectivity index (χ0v) is 11.6. The van der Waals surface area contributed by atoms with Crippen LogP contribution in [0.2, 0.25) is 5.02 Å². The van der Waals surface area contributed by atoms with Crippen molar-refractivity contribution in [2.24, 2.45) is 0 Å². The van der Waals surface area contributed by atoms with Crippen LogP contribution in [-0.2, 0) is 4.74 Å². The number of anilines is 1. The van der Waals surface area contributed by atoms with E-state index in [2.05, 4.69) is 10.2 Å². The zero-order chi connectivity index (χ0) is 12.8. The molecule has 0 aromatic heterocycles. The minimum atomic E-state index is 0.771. The lowest BCUT2D eigenvalue weighted by Crippen LogP contribution is -2.33. The molecule has 0 spiro atoms. The smallest absolute Gasteiger partial charge is 0.0637 e. The predicted molar refractivity (Wildman–Crippen MR) is 76.4 cm³/mol. The molecule has 3 nitrogen and oxygen atoms in total. The summed E-state index contributed by atoms with van der Waals surface area (Å²) in [4.78, 5) is 2.49. The van der Waals surface area contributed by atoms with E-state index in [1.165, 1.54) is 12.8 Å². The molecule has 0 amide bonds. The molecule has 0 radical (unpaired) electrons. The summed E-state index contributed by atoms with van der Waals surface area (Å²) >= 11 is 6.10. The van der Waals surface area contributed by atoms with Crippen LogP contribution in [0.4, 0.5) is 5.69 Å². The molecule has 1 aromatic rings. The lowest BCUT2D eigenvalue weighted by Gasteiger charge is -2.22. The fraction of sp³-hybridized carbons (Fsp3) is 0.571. The first-order valence-electron chi connectivity index (χ1n) is 6.52. The number of hydrogen-bond donors (Lipinski definition) is 1. The number of rotatable bonds is 8. The first-order chi connectivity index (χ1) is 8.81. The van der Waals surface area contributed by atoms with E-state index in [-0.39, 0.29) is 0 Å². The third-order valence-electron chi connectivity index (χ3n) is 3.23. The summed E-state index contributed by atoms with van der Waals surface area (Å²) in [6.07, 6.45) is 2.66. The van der Waals surface area contributed by atoms with Crippen molar-refractivity contribution in [3.05, 3.63) is 29.3 Å². The fourth-order valence-electron chi connectivity index (χ4n) is 2.06. The second-order valence-corrected chi connectivity index (χ2v) is 5.07. The van der Waals surface area contributed by atoms with Crippen molar-refractivity contribution in [2.75, 3.05) is 38.7 Å². The molecule has 18 heavy (non-hydrogen) atoms. The van der Waals surface area contributed by atoms with Gasteiger partial charge in [0.1, 0.15) is 0 Å². The molecule has 4 heteroatoms.